The van der Waals surface area contributed by atoms with Gasteiger partial charge in [-0.2, -0.15) is 0 Å². The topological polar surface area (TPSA) is 0 Å². The van der Waals surface area contributed by atoms with Gasteiger partial charge >= 0.3 is 0 Å². The molecule has 89 valence electrons. The predicted molar refractivity (Wildman–Crippen MR) is 95.7 cm³/mol. The Kier molecular flexibility index (Phi) is 21.5. The molecule has 0 unspecified atom stereocenters. The molecule has 0 aromatic carbocycles. The zero-order valence-electron chi connectivity index (χ0n) is 10.9. The average molecular weight is 394 g/mol. The molecule has 18 heavy (non-hydrogen) atoms. The van der Waals surface area contributed by atoms with Crippen LogP contribution >= 0.6 is 0 Å². The van der Waals surface area contributed by atoms with Gasteiger partial charge in [-0.3, -0.25) is 0 Å². The highest BCUT2D eigenvalue weighted by Gasteiger charge is 1.97. The minimum Gasteiger partial charge on any atom is -0.0654 e. The summed E-state index contributed by atoms with van der Waals surface area (Å²) in [6, 6.07) is 1.54. The van der Waals surface area contributed by atoms with Crippen LogP contribution in [0.15, 0.2) is 0 Å². The molecule has 0 aromatic heterocycles. The molecule has 0 nitrogen and oxygen atoms in total. The average Bonchev–Trinajstić information content (AvgIpc) is 2.39. The molecule has 21 radical (unpaired) electrons. The third-order valence-electron chi connectivity index (χ3n) is 2.18. The molecule has 0 aliphatic carbocycles. The molecule has 0 saturated carbocycles. The van der Waals surface area contributed by atoms with E-state index < -0.39 is 0 Å². The van der Waals surface area contributed by atoms with E-state index in [1.807, 2.05) is 0 Å². The first-order valence-electron chi connectivity index (χ1n) is 6.31. The maximum absolute atomic E-state index is 3.59. The van der Waals surface area contributed by atoms with E-state index in [4.69, 9.17) is 0 Å². The summed E-state index contributed by atoms with van der Waals surface area (Å²) in [5, 5.41) is 0. The molecule has 0 atom stereocenters. The predicted octanol–water partition coefficient (Wildman–Crippen LogP) is -0.493. The van der Waals surface area contributed by atoms with E-state index in [0.29, 0.717) is 0 Å². The molecule has 0 amide bonds. The van der Waals surface area contributed by atoms with E-state index in [1.54, 1.807) is 6.04 Å². The molecule has 0 saturated heterocycles. The van der Waals surface area contributed by atoms with Crippen molar-refractivity contribution in [3.05, 3.63) is 0 Å². The highest BCUT2D eigenvalue weighted by molar-refractivity contribution is 7.68. The van der Waals surface area contributed by atoms with E-state index in [9.17, 15) is 0 Å². The van der Waals surface area contributed by atoms with Gasteiger partial charge in [-0.15, -0.1) is 0 Å². The Morgan fingerprint density at radius 1 is 0.667 bits per heavy atom. The third kappa shape index (κ3) is 18.2. The van der Waals surface area contributed by atoms with Crippen LogP contribution in [0.1, 0.15) is 45.4 Å². The second kappa shape index (κ2) is 19.2. The number of hydrogen-bond acceptors (Lipinski definition) is 0. The molecule has 0 aliphatic heterocycles. The molecule has 0 fully saturated rings. The fraction of sp³-hybridized carbons (Fsp3) is 1.00. The van der Waals surface area contributed by atoms with Crippen LogP contribution < -0.4 is 0 Å². The Labute approximate surface area is 138 Å². The van der Waals surface area contributed by atoms with Crippen molar-refractivity contribution in [2.75, 3.05) is 0 Å². The summed E-state index contributed by atoms with van der Waals surface area (Å²) in [7, 11) is 15.1. The van der Waals surface area contributed by atoms with Gasteiger partial charge in [0, 0.05) is 87.2 Å². The van der Waals surface area contributed by atoms with Crippen molar-refractivity contribution in [2.45, 2.75) is 51.5 Å². The Hall–Kier alpha value is 2.17. The van der Waals surface area contributed by atoms with Crippen LogP contribution in [0.2, 0.25) is 6.04 Å². The van der Waals surface area contributed by atoms with Crippen molar-refractivity contribution in [1.29, 1.82) is 0 Å². The van der Waals surface area contributed by atoms with Gasteiger partial charge in [-0.1, -0.05) is 51.5 Å². The number of rotatable bonds is 15. The van der Waals surface area contributed by atoms with Gasteiger partial charge in [-0.25, -0.2) is 0 Å². The zero-order valence-corrected chi connectivity index (χ0v) is 20.9. The lowest BCUT2D eigenvalue weighted by atomic mass is 10.1. The second-order valence-electron chi connectivity index (χ2n) is 3.69. The summed E-state index contributed by atoms with van der Waals surface area (Å²) < 4.78 is 0. The highest BCUT2D eigenvalue weighted by atomic mass is 30.0. The Balaban J connectivity index is 2.86. The molecular weight excluding hydrogens is 377 g/mol. The maximum Gasteiger partial charge on any atom is 0.0180 e. The van der Waals surface area contributed by atoms with Crippen LogP contribution in [-0.4, -0.2) is 87.2 Å². The summed E-state index contributed by atoms with van der Waals surface area (Å²) in [5.41, 5.74) is 0. The van der Waals surface area contributed by atoms with E-state index in [-0.39, 0.29) is 0 Å². The summed E-state index contributed by atoms with van der Waals surface area (Å²) in [4.78, 5) is 0. The van der Waals surface area contributed by atoms with E-state index in [0.717, 1.165) is 8.55 Å². The van der Waals surface area contributed by atoms with Crippen molar-refractivity contribution in [3.63, 3.8) is 0 Å². The van der Waals surface area contributed by atoms with E-state index >= 15 is 0 Å². The smallest absolute Gasteiger partial charge is 0.0180 e. The Bertz CT molecular complexity index is 130. The second-order valence-corrected chi connectivity index (χ2v) is 31.6. The van der Waals surface area contributed by atoms with Crippen LogP contribution in [0.4, 0.5) is 0 Å². The first kappa shape index (κ1) is 20.2. The Morgan fingerprint density at radius 2 is 1.22 bits per heavy atom. The lowest BCUT2D eigenvalue weighted by Gasteiger charge is -2.00. The van der Waals surface area contributed by atoms with Crippen molar-refractivity contribution < 1.29 is 0 Å². The Morgan fingerprint density at radius 3 is 1.89 bits per heavy atom. The van der Waals surface area contributed by atoms with Gasteiger partial charge < -0.3 is 0 Å². The molecule has 0 aromatic rings. The van der Waals surface area contributed by atoms with Crippen LogP contribution in [0.5, 0.6) is 0 Å². The standard InChI is InChI=1S/C8H17Si10/c1-2-3-4-5-6-7-8-10-12-14-16-18-17-15-13-11-9/h2-8H2,1H3. The van der Waals surface area contributed by atoms with E-state index in [2.05, 4.69) is 16.7 Å². The van der Waals surface area contributed by atoms with Crippen molar-refractivity contribution in [3.8, 4) is 0 Å². The van der Waals surface area contributed by atoms with Gasteiger partial charge in [0.2, 0.25) is 0 Å². The largest absolute Gasteiger partial charge is 0.0654 e. The summed E-state index contributed by atoms with van der Waals surface area (Å²) in [5.74, 6) is 0. The molecule has 0 heterocycles. The fourth-order valence-corrected chi connectivity index (χ4v) is 52.8. The van der Waals surface area contributed by atoms with Crippen LogP contribution in [0.25, 0.3) is 0 Å². The normalized spacial score (nSPS) is 11.0. The molecule has 0 spiro atoms. The quantitative estimate of drug-likeness (QED) is 0.260. The van der Waals surface area contributed by atoms with E-state index in [1.165, 1.54) is 107 Å². The van der Waals surface area contributed by atoms with Crippen LogP contribution in [0.3, 0.4) is 0 Å². The molecule has 0 N–H and O–H groups in total. The first-order chi connectivity index (χ1) is 8.91. The fourth-order valence-electron chi connectivity index (χ4n) is 1.29. The monoisotopic (exact) mass is 393 g/mol. The molecule has 0 aliphatic rings. The zero-order chi connectivity index (χ0) is 13.3. The maximum atomic E-state index is 3.59. The van der Waals surface area contributed by atoms with Crippen molar-refractivity contribution >= 4 is 87.2 Å². The summed E-state index contributed by atoms with van der Waals surface area (Å²) in [6.45, 7) is 2.30. The number of hydrogen-bond donors (Lipinski definition) is 0. The lowest BCUT2D eigenvalue weighted by Crippen LogP contribution is -2.31. The minimum atomic E-state index is 1.03. The van der Waals surface area contributed by atoms with Crippen LogP contribution in [0, 0.1) is 0 Å². The molecular formula is C8H17Si10. The SMILES string of the molecule is CCCCCCCC[Si][Si][Si][Si][Si][Si][Si][Si][Si][Si]. The highest BCUT2D eigenvalue weighted by Crippen LogP contribution is 2.06. The molecule has 0 bridgehead atoms. The van der Waals surface area contributed by atoms with Gasteiger partial charge in [0.15, 0.2) is 0 Å². The first-order valence-corrected chi connectivity index (χ1v) is 25.0. The van der Waals surface area contributed by atoms with Gasteiger partial charge in [0.05, 0.1) is 0 Å². The van der Waals surface area contributed by atoms with Crippen molar-refractivity contribution in [2.24, 2.45) is 0 Å². The minimum absolute atomic E-state index is 1.03. The third-order valence-corrected chi connectivity index (χ3v) is 40.8. The van der Waals surface area contributed by atoms with Gasteiger partial charge in [0.1, 0.15) is 0 Å². The van der Waals surface area contributed by atoms with Gasteiger partial charge in [0.25, 0.3) is 0 Å². The molecule has 10 heteroatoms. The van der Waals surface area contributed by atoms with Crippen molar-refractivity contribution in [1.82, 2.24) is 0 Å². The summed E-state index contributed by atoms with van der Waals surface area (Å²) >= 11 is 0. The lowest BCUT2D eigenvalue weighted by molar-refractivity contribution is 0.624. The summed E-state index contributed by atoms with van der Waals surface area (Å²) in [6.07, 6.45) is 8.81. The number of unbranched alkanes of at least 4 members (excludes halogenated alkanes) is 5. The molecule has 0 rings (SSSR count). The van der Waals surface area contributed by atoms with Gasteiger partial charge in [-0.05, 0) is 0 Å². The van der Waals surface area contributed by atoms with Crippen LogP contribution in [-0.2, 0) is 0 Å².